The first-order chi connectivity index (χ1) is 16.7. The van der Waals surface area contributed by atoms with Crippen LogP contribution in [0.2, 0.25) is 0 Å². The van der Waals surface area contributed by atoms with Gasteiger partial charge in [-0.25, -0.2) is 19.0 Å². The molecule has 0 aliphatic heterocycles. The average Bonchev–Trinajstić information content (AvgIpc) is 3.52. The molecule has 35 heavy (non-hydrogen) atoms. The summed E-state index contributed by atoms with van der Waals surface area (Å²) in [6.07, 6.45) is -2.39. The average molecular weight is 485 g/mol. The molecular formula is C23H18F3N5O4. The van der Waals surface area contributed by atoms with E-state index in [9.17, 15) is 22.8 Å². The fourth-order valence-electron chi connectivity index (χ4n) is 3.37. The molecule has 0 saturated heterocycles. The van der Waals surface area contributed by atoms with Gasteiger partial charge in [0.15, 0.2) is 5.69 Å². The summed E-state index contributed by atoms with van der Waals surface area (Å²) in [6, 6.07) is 12.5. The predicted molar refractivity (Wildman–Crippen MR) is 116 cm³/mol. The summed E-state index contributed by atoms with van der Waals surface area (Å²) in [5, 5.41) is 11.9. The Bertz CT molecular complexity index is 1380. The normalized spacial score (nSPS) is 11.3. The van der Waals surface area contributed by atoms with Crippen molar-refractivity contribution in [1.29, 1.82) is 0 Å². The minimum atomic E-state index is -4.84. The fourth-order valence-corrected chi connectivity index (χ4v) is 3.37. The zero-order valence-electron chi connectivity index (χ0n) is 18.5. The highest BCUT2D eigenvalue weighted by Crippen LogP contribution is 2.34. The Kier molecular flexibility index (Phi) is 6.36. The summed E-state index contributed by atoms with van der Waals surface area (Å²) in [5.74, 6) is -1.59. The maximum Gasteiger partial charge on any atom is 0.434 e. The molecule has 0 amide bonds. The Labute approximate surface area is 196 Å². The number of hydrogen-bond donors (Lipinski definition) is 0. The molecule has 0 aliphatic carbocycles. The molecular weight excluding hydrogens is 467 g/mol. The largest absolute Gasteiger partial charge is 0.465 e. The van der Waals surface area contributed by atoms with Crippen molar-refractivity contribution in [3.63, 3.8) is 0 Å². The van der Waals surface area contributed by atoms with Gasteiger partial charge >= 0.3 is 18.1 Å². The van der Waals surface area contributed by atoms with Crippen molar-refractivity contribution < 1.29 is 32.2 Å². The molecule has 180 valence electrons. The SMILES string of the molecule is CCOC(=O)c1cnn(-c2ccc(-n3cc(-c4cccc(C(=O)OC)c4)nn3)cc2)c1C(F)(F)F. The standard InChI is InChI=1S/C23H18F3N5O4/c1-3-35-22(33)18-12-27-31(20(18)23(24,25)26)17-9-7-16(8-10-17)30-13-19(28-29-30)14-5-4-6-15(11-14)21(32)34-2/h4-13H,3H2,1-2H3. The molecule has 9 nitrogen and oxygen atoms in total. The molecule has 2 aromatic heterocycles. The number of methoxy groups -OCH3 is 1. The van der Waals surface area contributed by atoms with Crippen LogP contribution in [0.4, 0.5) is 13.2 Å². The van der Waals surface area contributed by atoms with E-state index in [1.165, 1.54) is 43.0 Å². The minimum Gasteiger partial charge on any atom is -0.465 e. The fraction of sp³-hybridized carbons (Fsp3) is 0.174. The lowest BCUT2D eigenvalue weighted by Crippen LogP contribution is -2.18. The molecule has 0 unspecified atom stereocenters. The molecule has 0 spiro atoms. The lowest BCUT2D eigenvalue weighted by atomic mass is 10.1. The second kappa shape index (κ2) is 9.41. The van der Waals surface area contributed by atoms with Crippen LogP contribution in [0.15, 0.2) is 60.9 Å². The van der Waals surface area contributed by atoms with Crippen molar-refractivity contribution in [3.05, 3.63) is 77.7 Å². The highest BCUT2D eigenvalue weighted by atomic mass is 19.4. The zero-order valence-corrected chi connectivity index (χ0v) is 18.5. The van der Waals surface area contributed by atoms with E-state index in [2.05, 4.69) is 15.4 Å². The van der Waals surface area contributed by atoms with Crippen molar-refractivity contribution in [3.8, 4) is 22.6 Å². The number of rotatable bonds is 6. The first-order valence-corrected chi connectivity index (χ1v) is 10.3. The Balaban J connectivity index is 1.64. The molecule has 4 aromatic rings. The molecule has 0 radical (unpaired) electrons. The smallest absolute Gasteiger partial charge is 0.434 e. The van der Waals surface area contributed by atoms with E-state index >= 15 is 0 Å². The highest BCUT2D eigenvalue weighted by molar-refractivity contribution is 5.91. The molecule has 0 atom stereocenters. The predicted octanol–water partition coefficient (Wildman–Crippen LogP) is 4.10. The van der Waals surface area contributed by atoms with Gasteiger partial charge in [0.05, 0.1) is 43.0 Å². The number of carbonyl (C=O) groups excluding carboxylic acids is 2. The van der Waals surface area contributed by atoms with Crippen LogP contribution in [0, 0.1) is 0 Å². The summed E-state index contributed by atoms with van der Waals surface area (Å²) < 4.78 is 52.7. The van der Waals surface area contributed by atoms with Crippen LogP contribution in [0.5, 0.6) is 0 Å². The summed E-state index contributed by atoms with van der Waals surface area (Å²) >= 11 is 0. The number of hydrogen-bond acceptors (Lipinski definition) is 7. The van der Waals surface area contributed by atoms with E-state index in [1.807, 2.05) is 0 Å². The number of aromatic nitrogens is 5. The van der Waals surface area contributed by atoms with Crippen molar-refractivity contribution in [2.75, 3.05) is 13.7 Å². The Morgan fingerprint density at radius 3 is 2.40 bits per heavy atom. The summed E-state index contributed by atoms with van der Waals surface area (Å²) in [4.78, 5) is 23.7. The summed E-state index contributed by atoms with van der Waals surface area (Å²) in [5.41, 5.74) is 0.172. The van der Waals surface area contributed by atoms with Gasteiger partial charge in [-0.3, -0.25) is 0 Å². The number of ether oxygens (including phenoxy) is 2. The maximum atomic E-state index is 13.7. The molecule has 0 saturated carbocycles. The first kappa shape index (κ1) is 23.7. The number of nitrogens with zero attached hydrogens (tertiary/aromatic N) is 5. The summed E-state index contributed by atoms with van der Waals surface area (Å²) in [7, 11) is 1.29. The van der Waals surface area contributed by atoms with Crippen molar-refractivity contribution in [1.82, 2.24) is 24.8 Å². The van der Waals surface area contributed by atoms with Crippen LogP contribution in [-0.4, -0.2) is 50.4 Å². The molecule has 2 heterocycles. The number of alkyl halides is 3. The molecule has 0 fully saturated rings. The monoisotopic (exact) mass is 485 g/mol. The number of carbonyl (C=O) groups is 2. The van der Waals surface area contributed by atoms with E-state index in [1.54, 1.807) is 30.5 Å². The van der Waals surface area contributed by atoms with Crippen LogP contribution in [0.3, 0.4) is 0 Å². The second-order valence-electron chi connectivity index (χ2n) is 7.17. The van der Waals surface area contributed by atoms with E-state index in [-0.39, 0.29) is 12.3 Å². The van der Waals surface area contributed by atoms with Gasteiger partial charge in [0.25, 0.3) is 0 Å². The number of esters is 2. The molecule has 0 bridgehead atoms. The molecule has 2 aromatic carbocycles. The second-order valence-corrected chi connectivity index (χ2v) is 7.17. The number of halogens is 3. The van der Waals surface area contributed by atoms with Crippen LogP contribution >= 0.6 is 0 Å². The first-order valence-electron chi connectivity index (χ1n) is 10.3. The lowest BCUT2D eigenvalue weighted by molar-refractivity contribution is -0.143. The third-order valence-electron chi connectivity index (χ3n) is 4.96. The quantitative estimate of drug-likeness (QED) is 0.379. The maximum absolute atomic E-state index is 13.7. The number of benzene rings is 2. The third-order valence-corrected chi connectivity index (χ3v) is 4.96. The Hall–Kier alpha value is -4.48. The van der Waals surface area contributed by atoms with E-state index < -0.39 is 29.4 Å². The van der Waals surface area contributed by atoms with Gasteiger partial charge in [0.1, 0.15) is 11.3 Å². The zero-order chi connectivity index (χ0) is 25.2. The lowest BCUT2D eigenvalue weighted by Gasteiger charge is -2.12. The molecule has 0 aliphatic rings. The highest BCUT2D eigenvalue weighted by Gasteiger charge is 2.41. The minimum absolute atomic E-state index is 0.0666. The Morgan fingerprint density at radius 1 is 1.03 bits per heavy atom. The van der Waals surface area contributed by atoms with Crippen LogP contribution in [0.1, 0.15) is 33.3 Å². The van der Waals surface area contributed by atoms with Crippen molar-refractivity contribution in [2.24, 2.45) is 0 Å². The van der Waals surface area contributed by atoms with Gasteiger partial charge in [-0.15, -0.1) is 5.10 Å². The Morgan fingerprint density at radius 2 is 1.74 bits per heavy atom. The van der Waals surface area contributed by atoms with Gasteiger partial charge in [-0.1, -0.05) is 17.3 Å². The van der Waals surface area contributed by atoms with Gasteiger partial charge in [-0.05, 0) is 43.3 Å². The third kappa shape index (κ3) is 4.76. The van der Waals surface area contributed by atoms with E-state index in [4.69, 9.17) is 9.47 Å². The van der Waals surface area contributed by atoms with E-state index in [0.29, 0.717) is 27.2 Å². The van der Waals surface area contributed by atoms with Crippen LogP contribution in [0.25, 0.3) is 22.6 Å². The van der Waals surface area contributed by atoms with Gasteiger partial charge in [0.2, 0.25) is 0 Å². The van der Waals surface area contributed by atoms with Crippen LogP contribution < -0.4 is 0 Å². The van der Waals surface area contributed by atoms with Crippen LogP contribution in [-0.2, 0) is 15.7 Å². The van der Waals surface area contributed by atoms with Crippen molar-refractivity contribution >= 4 is 11.9 Å². The van der Waals surface area contributed by atoms with Gasteiger partial charge in [-0.2, -0.15) is 18.3 Å². The van der Waals surface area contributed by atoms with Gasteiger partial charge in [0, 0.05) is 5.56 Å². The van der Waals surface area contributed by atoms with E-state index in [0.717, 1.165) is 6.20 Å². The molecule has 12 heteroatoms. The summed E-state index contributed by atoms with van der Waals surface area (Å²) in [6.45, 7) is 1.43. The topological polar surface area (TPSA) is 101 Å². The van der Waals surface area contributed by atoms with Crippen molar-refractivity contribution in [2.45, 2.75) is 13.1 Å². The molecule has 4 rings (SSSR count). The molecule has 0 N–H and O–H groups in total. The van der Waals surface area contributed by atoms with Gasteiger partial charge < -0.3 is 9.47 Å².